The summed E-state index contributed by atoms with van der Waals surface area (Å²) in [6, 6.07) is 0. The van der Waals surface area contributed by atoms with Crippen LogP contribution >= 0.6 is 0 Å². The Morgan fingerprint density at radius 2 is 1.60 bits per heavy atom. The standard InChI is InChI=1S/C30H44O5/c1-17(2)10-14-30(15-11-18(3)4)26(33)22(25(32)23(27(30)34)24(31)19(5)6)21-16-20-12-13-29(21,9)35-28(20,7)8/h10-11,19-21,32-33H,12-16H2,1-9H3/t20-,21+,29-/m1/s1. The van der Waals surface area contributed by atoms with Gasteiger partial charge in [-0.2, -0.15) is 0 Å². The predicted octanol–water partition coefficient (Wildman–Crippen LogP) is 7.10. The van der Waals surface area contributed by atoms with E-state index in [1.807, 2.05) is 46.8 Å². The van der Waals surface area contributed by atoms with Crippen LogP contribution in [0.15, 0.2) is 46.0 Å². The van der Waals surface area contributed by atoms with Crippen molar-refractivity contribution in [1.82, 2.24) is 0 Å². The Labute approximate surface area is 211 Å². The number of ketones is 2. The molecule has 1 saturated carbocycles. The van der Waals surface area contributed by atoms with Crippen LogP contribution in [0, 0.1) is 23.2 Å². The van der Waals surface area contributed by atoms with Crippen LogP contribution in [0.1, 0.15) is 94.4 Å². The van der Waals surface area contributed by atoms with Gasteiger partial charge in [-0.3, -0.25) is 9.59 Å². The van der Waals surface area contributed by atoms with Gasteiger partial charge >= 0.3 is 0 Å². The number of allylic oxidation sites excluding steroid dienone is 7. The molecule has 2 aliphatic carbocycles. The van der Waals surface area contributed by atoms with Crippen molar-refractivity contribution in [2.75, 3.05) is 0 Å². The maximum absolute atomic E-state index is 14.1. The quantitative estimate of drug-likeness (QED) is 0.297. The Bertz CT molecular complexity index is 1010. The smallest absolute Gasteiger partial charge is 0.184 e. The molecule has 2 bridgehead atoms. The first-order valence-electron chi connectivity index (χ1n) is 13.0. The van der Waals surface area contributed by atoms with Gasteiger partial charge in [0.05, 0.1) is 16.6 Å². The van der Waals surface area contributed by atoms with E-state index < -0.39 is 22.7 Å². The number of carbonyl (C=O) groups is 2. The molecule has 0 unspecified atom stereocenters. The number of hydrogen-bond acceptors (Lipinski definition) is 5. The number of carbonyl (C=O) groups excluding carboxylic acids is 2. The van der Waals surface area contributed by atoms with Gasteiger partial charge in [0.2, 0.25) is 0 Å². The molecular weight excluding hydrogens is 440 g/mol. The minimum absolute atomic E-state index is 0.101. The molecule has 4 rings (SSSR count). The van der Waals surface area contributed by atoms with Gasteiger partial charge < -0.3 is 14.9 Å². The summed E-state index contributed by atoms with van der Waals surface area (Å²) in [5.74, 6) is -1.84. The fourth-order valence-electron chi connectivity index (χ4n) is 6.17. The normalized spacial score (nSPS) is 29.5. The molecule has 0 radical (unpaired) electrons. The highest BCUT2D eigenvalue weighted by Crippen LogP contribution is 2.58. The van der Waals surface area contributed by atoms with Crippen molar-refractivity contribution >= 4 is 11.6 Å². The minimum atomic E-state index is -1.33. The second kappa shape index (κ2) is 9.38. The summed E-state index contributed by atoms with van der Waals surface area (Å²) in [4.78, 5) is 27.4. The van der Waals surface area contributed by atoms with Gasteiger partial charge in [0.15, 0.2) is 11.6 Å². The lowest BCUT2D eigenvalue weighted by atomic mass is 9.57. The first-order valence-corrected chi connectivity index (χ1v) is 13.0. The first-order chi connectivity index (χ1) is 16.1. The average molecular weight is 485 g/mol. The highest BCUT2D eigenvalue weighted by Gasteiger charge is 2.59. The zero-order chi connectivity index (χ0) is 26.5. The summed E-state index contributed by atoms with van der Waals surface area (Å²) in [5.41, 5.74) is -0.0383. The molecule has 0 spiro atoms. The summed E-state index contributed by atoms with van der Waals surface area (Å²) in [5, 5.41) is 23.5. The van der Waals surface area contributed by atoms with Crippen molar-refractivity contribution in [2.45, 2.75) is 106 Å². The Balaban J connectivity index is 2.32. The predicted molar refractivity (Wildman–Crippen MR) is 139 cm³/mol. The summed E-state index contributed by atoms with van der Waals surface area (Å²) >= 11 is 0. The molecule has 2 heterocycles. The molecule has 4 aliphatic rings. The molecular formula is C30H44O5. The van der Waals surface area contributed by atoms with E-state index in [0.717, 1.165) is 30.4 Å². The van der Waals surface area contributed by atoms with Gasteiger partial charge in [0, 0.05) is 17.4 Å². The first kappa shape index (κ1) is 27.4. The van der Waals surface area contributed by atoms with Crippen molar-refractivity contribution in [3.05, 3.63) is 46.0 Å². The van der Waals surface area contributed by atoms with Crippen molar-refractivity contribution in [2.24, 2.45) is 23.2 Å². The average Bonchev–Trinajstić information content (AvgIpc) is 2.73. The highest BCUT2D eigenvalue weighted by atomic mass is 16.5. The van der Waals surface area contributed by atoms with Gasteiger partial charge in [0.25, 0.3) is 0 Å². The molecule has 3 atom stereocenters. The summed E-state index contributed by atoms with van der Waals surface area (Å²) in [7, 11) is 0. The minimum Gasteiger partial charge on any atom is -0.511 e. The molecule has 5 nitrogen and oxygen atoms in total. The lowest BCUT2D eigenvalue weighted by Crippen LogP contribution is -2.60. The van der Waals surface area contributed by atoms with Crippen LogP contribution in [-0.4, -0.2) is 33.0 Å². The van der Waals surface area contributed by atoms with Gasteiger partial charge in [-0.05, 0) is 86.5 Å². The summed E-state index contributed by atoms with van der Waals surface area (Å²) in [6.45, 7) is 17.5. The lowest BCUT2D eigenvalue weighted by Gasteiger charge is -2.59. The van der Waals surface area contributed by atoms with E-state index in [1.54, 1.807) is 13.8 Å². The SMILES string of the molecule is CC(C)=CCC1(CC=C(C)C)C(=O)C(C(=O)C(C)C)=C(O)C([C@@H]2C[C@H]3CC[C@@]2(C)OC3(C)C)=C1O. The van der Waals surface area contributed by atoms with E-state index >= 15 is 0 Å². The summed E-state index contributed by atoms with van der Waals surface area (Å²) < 4.78 is 6.58. The topological polar surface area (TPSA) is 83.8 Å². The largest absolute Gasteiger partial charge is 0.511 e. The second-order valence-corrected chi connectivity index (χ2v) is 12.4. The molecule has 3 fully saturated rings. The van der Waals surface area contributed by atoms with E-state index in [9.17, 15) is 19.8 Å². The number of ether oxygens (including phenoxy) is 1. The van der Waals surface area contributed by atoms with Crippen LogP contribution in [0.5, 0.6) is 0 Å². The van der Waals surface area contributed by atoms with Crippen LogP contribution < -0.4 is 0 Å². The van der Waals surface area contributed by atoms with E-state index in [4.69, 9.17) is 4.74 Å². The fourth-order valence-corrected chi connectivity index (χ4v) is 6.17. The Kier molecular flexibility index (Phi) is 7.36. The Hall–Kier alpha value is -2.14. The molecule has 194 valence electrons. The number of aliphatic hydroxyl groups is 2. The Morgan fingerprint density at radius 3 is 2.03 bits per heavy atom. The number of aliphatic hydroxyl groups excluding tert-OH is 2. The van der Waals surface area contributed by atoms with Crippen molar-refractivity contribution in [3.8, 4) is 0 Å². The van der Waals surface area contributed by atoms with Crippen LogP contribution in [0.4, 0.5) is 0 Å². The van der Waals surface area contributed by atoms with Crippen LogP contribution in [-0.2, 0) is 14.3 Å². The fraction of sp³-hybridized carbons (Fsp3) is 0.667. The van der Waals surface area contributed by atoms with Crippen molar-refractivity contribution < 1.29 is 24.5 Å². The van der Waals surface area contributed by atoms with E-state index in [2.05, 4.69) is 13.8 Å². The van der Waals surface area contributed by atoms with Crippen LogP contribution in [0.2, 0.25) is 0 Å². The van der Waals surface area contributed by atoms with Gasteiger partial charge in [-0.15, -0.1) is 0 Å². The van der Waals surface area contributed by atoms with Crippen LogP contribution in [0.3, 0.4) is 0 Å². The second-order valence-electron chi connectivity index (χ2n) is 12.4. The molecule has 2 aliphatic heterocycles. The lowest BCUT2D eigenvalue weighted by molar-refractivity contribution is -0.250. The maximum atomic E-state index is 14.1. The molecule has 0 aromatic rings. The molecule has 2 saturated heterocycles. The van der Waals surface area contributed by atoms with Crippen LogP contribution in [0.25, 0.3) is 0 Å². The number of rotatable bonds is 7. The molecule has 2 N–H and O–H groups in total. The van der Waals surface area contributed by atoms with Gasteiger partial charge in [-0.1, -0.05) is 37.1 Å². The van der Waals surface area contributed by atoms with Gasteiger partial charge in [0.1, 0.15) is 17.1 Å². The zero-order valence-corrected chi connectivity index (χ0v) is 23.0. The third-order valence-electron chi connectivity index (χ3n) is 8.42. The summed E-state index contributed by atoms with van der Waals surface area (Å²) in [6.07, 6.45) is 6.94. The maximum Gasteiger partial charge on any atom is 0.184 e. The van der Waals surface area contributed by atoms with E-state index in [1.165, 1.54) is 0 Å². The third-order valence-corrected chi connectivity index (χ3v) is 8.42. The molecule has 35 heavy (non-hydrogen) atoms. The number of hydrogen-bond donors (Lipinski definition) is 2. The van der Waals surface area contributed by atoms with E-state index in [-0.39, 0.29) is 53.2 Å². The van der Waals surface area contributed by atoms with Crippen molar-refractivity contribution in [3.63, 3.8) is 0 Å². The molecule has 0 aromatic carbocycles. The highest BCUT2D eigenvalue weighted by molar-refractivity contribution is 6.24. The molecule has 0 amide bonds. The molecule has 0 aromatic heterocycles. The van der Waals surface area contributed by atoms with Gasteiger partial charge in [-0.25, -0.2) is 0 Å². The van der Waals surface area contributed by atoms with Crippen molar-refractivity contribution in [1.29, 1.82) is 0 Å². The number of Topliss-reactive ketones (excluding diaryl/α,β-unsaturated/α-hetero) is 2. The number of fused-ring (bicyclic) bond motifs is 3. The Morgan fingerprint density at radius 1 is 1.06 bits per heavy atom. The van der Waals surface area contributed by atoms with E-state index in [0.29, 0.717) is 5.57 Å². The zero-order valence-electron chi connectivity index (χ0n) is 23.0. The third kappa shape index (κ3) is 4.69. The monoisotopic (exact) mass is 484 g/mol. The molecule has 5 heteroatoms.